The minimum atomic E-state index is -3.91. The fraction of sp³-hybridized carbons (Fsp3) is 0.462. The number of ether oxygens (including phenoxy) is 1. The first-order valence-electron chi connectivity index (χ1n) is 5.91. The van der Waals surface area contributed by atoms with Crippen molar-refractivity contribution in [3.8, 4) is 5.75 Å². The van der Waals surface area contributed by atoms with Gasteiger partial charge in [-0.3, -0.25) is 9.36 Å². The van der Waals surface area contributed by atoms with Gasteiger partial charge in [-0.05, 0) is 24.6 Å². The first-order chi connectivity index (χ1) is 9.32. The van der Waals surface area contributed by atoms with Crippen LogP contribution in [0.25, 0.3) is 0 Å². The van der Waals surface area contributed by atoms with Gasteiger partial charge < -0.3 is 18.9 Å². The maximum atomic E-state index is 12.6. The Morgan fingerprint density at radius 1 is 1.20 bits per heavy atom. The van der Waals surface area contributed by atoms with Crippen LogP contribution in [-0.2, 0) is 23.7 Å². The number of Topliss-reactive ketones (excluding diaryl/α,β-unsaturated/α-hetero) is 1. The van der Waals surface area contributed by atoms with Crippen LogP contribution in [0.1, 0.15) is 18.9 Å². The summed E-state index contributed by atoms with van der Waals surface area (Å²) in [5.74, 6) is 0.237. The highest BCUT2D eigenvalue weighted by atomic mass is 31.2. The molecule has 1 aromatic rings. The molecule has 1 atom stereocenters. The van der Waals surface area contributed by atoms with Crippen molar-refractivity contribution in [1.82, 2.24) is 0 Å². The first kappa shape index (κ1) is 16.9. The fourth-order valence-corrected chi connectivity index (χ4v) is 3.57. The van der Waals surface area contributed by atoms with E-state index in [1.165, 1.54) is 40.4 Å². The van der Waals surface area contributed by atoms with Gasteiger partial charge in [0.1, 0.15) is 11.5 Å². The van der Waals surface area contributed by atoms with Crippen molar-refractivity contribution in [2.75, 3.05) is 21.3 Å². The predicted octanol–water partition coefficient (Wildman–Crippen LogP) is 2.31. The molecule has 0 heterocycles. The topological polar surface area (TPSA) is 82.1 Å². The Bertz CT molecular complexity index is 504. The standard InChI is InChI=1S/C13H19O6P/c1-10(14)9-13(15,20(16,18-3)19-4)11-5-7-12(17-2)8-6-11/h5-8,15H,9H2,1-4H3. The summed E-state index contributed by atoms with van der Waals surface area (Å²) < 4.78 is 27.3. The second-order valence-electron chi connectivity index (χ2n) is 4.29. The average molecular weight is 302 g/mol. The third-order valence-corrected chi connectivity index (χ3v) is 5.27. The Labute approximate surface area is 118 Å². The molecular weight excluding hydrogens is 283 g/mol. The third kappa shape index (κ3) is 3.10. The van der Waals surface area contributed by atoms with E-state index in [4.69, 9.17) is 13.8 Å². The monoisotopic (exact) mass is 302 g/mol. The van der Waals surface area contributed by atoms with Crippen LogP contribution < -0.4 is 4.74 Å². The molecule has 1 N–H and O–H groups in total. The fourth-order valence-electron chi connectivity index (χ4n) is 1.94. The van der Waals surface area contributed by atoms with E-state index in [9.17, 15) is 14.5 Å². The number of benzene rings is 1. The second kappa shape index (κ2) is 6.50. The van der Waals surface area contributed by atoms with Crippen LogP contribution >= 0.6 is 7.60 Å². The summed E-state index contributed by atoms with van der Waals surface area (Å²) in [6, 6.07) is 6.23. The molecule has 0 aliphatic carbocycles. The van der Waals surface area contributed by atoms with Crippen LogP contribution in [-0.4, -0.2) is 32.2 Å². The van der Waals surface area contributed by atoms with Crippen LogP contribution in [0.15, 0.2) is 24.3 Å². The van der Waals surface area contributed by atoms with E-state index < -0.39 is 12.9 Å². The molecule has 0 aromatic heterocycles. The molecule has 7 heteroatoms. The highest BCUT2D eigenvalue weighted by Gasteiger charge is 2.51. The molecular formula is C13H19O6P. The van der Waals surface area contributed by atoms with Gasteiger partial charge in [0.25, 0.3) is 0 Å². The van der Waals surface area contributed by atoms with Crippen molar-refractivity contribution in [2.24, 2.45) is 0 Å². The lowest BCUT2D eigenvalue weighted by Crippen LogP contribution is -2.29. The van der Waals surface area contributed by atoms with Crippen LogP contribution in [0.4, 0.5) is 0 Å². The van der Waals surface area contributed by atoms with Crippen LogP contribution in [0.2, 0.25) is 0 Å². The van der Waals surface area contributed by atoms with Gasteiger partial charge in [0.05, 0.1) is 13.5 Å². The van der Waals surface area contributed by atoms with Gasteiger partial charge in [0.2, 0.25) is 0 Å². The number of carbonyl (C=O) groups excluding carboxylic acids is 1. The smallest absolute Gasteiger partial charge is 0.366 e. The molecule has 0 saturated carbocycles. The van der Waals surface area contributed by atoms with E-state index in [0.29, 0.717) is 5.75 Å². The highest BCUT2D eigenvalue weighted by Crippen LogP contribution is 2.64. The van der Waals surface area contributed by atoms with Crippen molar-refractivity contribution in [1.29, 1.82) is 0 Å². The molecule has 20 heavy (non-hydrogen) atoms. The van der Waals surface area contributed by atoms with Crippen molar-refractivity contribution in [3.63, 3.8) is 0 Å². The van der Waals surface area contributed by atoms with E-state index in [-0.39, 0.29) is 17.8 Å². The molecule has 0 radical (unpaired) electrons. The number of hydrogen-bond acceptors (Lipinski definition) is 6. The van der Waals surface area contributed by atoms with Crippen molar-refractivity contribution in [3.05, 3.63) is 29.8 Å². The summed E-state index contributed by atoms with van der Waals surface area (Å²) in [6.07, 6.45) is -0.377. The van der Waals surface area contributed by atoms with Crippen molar-refractivity contribution >= 4 is 13.4 Å². The molecule has 0 amide bonds. The minimum Gasteiger partial charge on any atom is -0.497 e. The summed E-state index contributed by atoms with van der Waals surface area (Å²) in [6.45, 7) is 1.30. The molecule has 1 unspecified atom stereocenters. The Hall–Kier alpha value is -1.20. The number of aliphatic hydroxyl groups is 1. The van der Waals surface area contributed by atoms with E-state index in [2.05, 4.69) is 0 Å². The number of hydrogen-bond donors (Lipinski definition) is 1. The van der Waals surface area contributed by atoms with Gasteiger partial charge in [0, 0.05) is 14.2 Å². The summed E-state index contributed by atoms with van der Waals surface area (Å²) in [5.41, 5.74) is 0.264. The lowest BCUT2D eigenvalue weighted by Gasteiger charge is -2.32. The van der Waals surface area contributed by atoms with Crippen molar-refractivity contribution < 1.29 is 28.3 Å². The van der Waals surface area contributed by atoms with Gasteiger partial charge in [-0.25, -0.2) is 0 Å². The van der Waals surface area contributed by atoms with Crippen molar-refractivity contribution in [2.45, 2.75) is 18.7 Å². The number of rotatable bonds is 7. The zero-order valence-electron chi connectivity index (χ0n) is 12.0. The van der Waals surface area contributed by atoms with Gasteiger partial charge >= 0.3 is 7.60 Å². The lowest BCUT2D eigenvalue weighted by molar-refractivity contribution is -0.120. The molecule has 0 aliphatic rings. The Morgan fingerprint density at radius 2 is 1.70 bits per heavy atom. The number of carbonyl (C=O) groups is 1. The normalized spacial score (nSPS) is 14.7. The zero-order chi connectivity index (χ0) is 15.4. The molecule has 0 spiro atoms. The summed E-state index contributed by atoms with van der Waals surface area (Å²) in [4.78, 5) is 11.4. The van der Waals surface area contributed by atoms with Crippen LogP contribution in [0.3, 0.4) is 0 Å². The Kier molecular flexibility index (Phi) is 5.48. The molecule has 112 valence electrons. The average Bonchev–Trinajstić information content (AvgIpc) is 2.45. The van der Waals surface area contributed by atoms with Crippen LogP contribution in [0.5, 0.6) is 5.75 Å². The van der Waals surface area contributed by atoms with Gasteiger partial charge in [-0.15, -0.1) is 0 Å². The third-order valence-electron chi connectivity index (χ3n) is 2.98. The summed E-state index contributed by atoms with van der Waals surface area (Å²) in [5, 5.41) is 8.73. The second-order valence-corrected chi connectivity index (χ2v) is 6.75. The van der Waals surface area contributed by atoms with E-state index in [1.807, 2.05) is 0 Å². The molecule has 0 bridgehead atoms. The SMILES string of the molecule is COc1ccc(C(O)(CC(C)=O)P(=O)(OC)OC)cc1. The van der Waals surface area contributed by atoms with Gasteiger partial charge in [0.15, 0.2) is 5.34 Å². The summed E-state index contributed by atoms with van der Waals surface area (Å²) >= 11 is 0. The van der Waals surface area contributed by atoms with E-state index in [0.717, 1.165) is 0 Å². The Morgan fingerprint density at radius 3 is 2.05 bits per heavy atom. The molecule has 0 fully saturated rings. The highest BCUT2D eigenvalue weighted by molar-refractivity contribution is 7.54. The van der Waals surface area contributed by atoms with Gasteiger partial charge in [-0.1, -0.05) is 12.1 Å². The predicted molar refractivity (Wildman–Crippen MR) is 73.8 cm³/mol. The molecule has 0 aliphatic heterocycles. The largest absolute Gasteiger partial charge is 0.497 e. The number of ketones is 1. The summed E-state index contributed by atoms with van der Waals surface area (Å²) in [7, 11) is -0.0715. The minimum absolute atomic E-state index is 0.264. The number of methoxy groups -OCH3 is 1. The Balaban J connectivity index is 3.36. The molecule has 0 saturated heterocycles. The zero-order valence-corrected chi connectivity index (χ0v) is 12.8. The van der Waals surface area contributed by atoms with E-state index >= 15 is 0 Å². The maximum absolute atomic E-state index is 12.6. The van der Waals surface area contributed by atoms with E-state index in [1.54, 1.807) is 12.1 Å². The molecule has 1 rings (SSSR count). The first-order valence-corrected chi connectivity index (χ1v) is 7.45. The van der Waals surface area contributed by atoms with Crippen LogP contribution in [0, 0.1) is 0 Å². The molecule has 6 nitrogen and oxygen atoms in total. The van der Waals surface area contributed by atoms with Gasteiger partial charge in [-0.2, -0.15) is 0 Å². The maximum Gasteiger partial charge on any atom is 0.366 e. The molecule has 1 aromatic carbocycles. The quantitative estimate of drug-likeness (QED) is 0.778. The lowest BCUT2D eigenvalue weighted by atomic mass is 10.0.